The van der Waals surface area contributed by atoms with Gasteiger partial charge in [-0.25, -0.2) is 0 Å². The molecule has 2 unspecified atom stereocenters. The third-order valence-corrected chi connectivity index (χ3v) is 2.36. The number of phenols is 1. The number of benzene rings is 1. The van der Waals surface area contributed by atoms with E-state index in [2.05, 4.69) is 5.32 Å². The van der Waals surface area contributed by atoms with Crippen molar-refractivity contribution in [2.75, 3.05) is 0 Å². The van der Waals surface area contributed by atoms with Crippen LogP contribution in [0.25, 0.3) is 0 Å². The largest absolute Gasteiger partial charge is 0.508 e. The number of halogens is 1. The van der Waals surface area contributed by atoms with Gasteiger partial charge in [0.25, 0.3) is 5.91 Å². The number of alkyl halides is 1. The minimum absolute atomic E-state index is 0.0359. The van der Waals surface area contributed by atoms with E-state index >= 15 is 0 Å². The van der Waals surface area contributed by atoms with Crippen molar-refractivity contribution in [2.45, 2.75) is 31.7 Å². The van der Waals surface area contributed by atoms with Gasteiger partial charge < -0.3 is 10.4 Å². The third-order valence-electron chi connectivity index (χ3n) is 2.19. The number of carbonyl (C=O) groups is 1. The van der Waals surface area contributed by atoms with E-state index < -0.39 is 0 Å². The third kappa shape index (κ3) is 4.11. The maximum Gasteiger partial charge on any atom is 0.251 e. The summed E-state index contributed by atoms with van der Waals surface area (Å²) in [5.41, 5.74) is 0.534. The first kappa shape index (κ1) is 12.8. The minimum atomic E-state index is -0.148. The van der Waals surface area contributed by atoms with Crippen molar-refractivity contribution >= 4 is 17.5 Å². The van der Waals surface area contributed by atoms with E-state index in [-0.39, 0.29) is 23.1 Å². The van der Waals surface area contributed by atoms with Crippen LogP contribution in [0.2, 0.25) is 0 Å². The molecule has 2 N–H and O–H groups in total. The second-order valence-corrected chi connectivity index (χ2v) is 4.68. The number of carbonyl (C=O) groups excluding carboxylic acids is 1. The van der Waals surface area contributed by atoms with Crippen LogP contribution in [-0.4, -0.2) is 22.4 Å². The average Bonchev–Trinajstić information content (AvgIpc) is 2.16. The van der Waals surface area contributed by atoms with E-state index in [4.69, 9.17) is 16.7 Å². The lowest BCUT2D eigenvalue weighted by molar-refractivity contribution is 0.0938. The van der Waals surface area contributed by atoms with Crippen LogP contribution in [0.5, 0.6) is 5.75 Å². The molecular formula is C12H16ClNO2. The summed E-state index contributed by atoms with van der Waals surface area (Å²) in [4.78, 5) is 11.7. The Morgan fingerprint density at radius 1 is 1.38 bits per heavy atom. The Labute approximate surface area is 100 Å². The molecule has 0 aliphatic heterocycles. The molecule has 1 aromatic rings. The van der Waals surface area contributed by atoms with Crippen LogP contribution in [0, 0.1) is 0 Å². The fourth-order valence-corrected chi connectivity index (χ4v) is 1.73. The van der Waals surface area contributed by atoms with E-state index in [9.17, 15) is 4.79 Å². The van der Waals surface area contributed by atoms with Gasteiger partial charge in [-0.1, -0.05) is 0 Å². The number of rotatable bonds is 4. The Balaban J connectivity index is 2.55. The highest BCUT2D eigenvalue weighted by atomic mass is 35.5. The summed E-state index contributed by atoms with van der Waals surface area (Å²) in [6.07, 6.45) is 0.728. The maximum atomic E-state index is 11.7. The molecule has 88 valence electrons. The molecule has 0 saturated heterocycles. The van der Waals surface area contributed by atoms with Gasteiger partial charge in [-0.2, -0.15) is 0 Å². The zero-order valence-electron chi connectivity index (χ0n) is 9.40. The predicted octanol–water partition coefficient (Wildman–Crippen LogP) is 2.53. The zero-order chi connectivity index (χ0) is 12.1. The normalized spacial score (nSPS) is 14.2. The number of amides is 1. The highest BCUT2D eigenvalue weighted by molar-refractivity contribution is 6.20. The molecule has 3 nitrogen and oxygen atoms in total. The smallest absolute Gasteiger partial charge is 0.251 e. The van der Waals surface area contributed by atoms with Crippen LogP contribution in [0.1, 0.15) is 30.6 Å². The molecule has 0 aliphatic rings. The average molecular weight is 242 g/mol. The van der Waals surface area contributed by atoms with Crippen molar-refractivity contribution in [3.05, 3.63) is 29.8 Å². The first-order chi connectivity index (χ1) is 7.49. The lowest BCUT2D eigenvalue weighted by Gasteiger charge is -2.14. The van der Waals surface area contributed by atoms with E-state index in [1.807, 2.05) is 13.8 Å². The van der Waals surface area contributed by atoms with Crippen LogP contribution >= 0.6 is 11.6 Å². The summed E-state index contributed by atoms with van der Waals surface area (Å²) < 4.78 is 0. The Bertz CT molecular complexity index is 349. The van der Waals surface area contributed by atoms with Crippen LogP contribution in [0.15, 0.2) is 24.3 Å². The molecule has 0 spiro atoms. The molecule has 16 heavy (non-hydrogen) atoms. The monoisotopic (exact) mass is 241 g/mol. The van der Waals surface area contributed by atoms with Gasteiger partial charge in [-0.05, 0) is 44.5 Å². The molecule has 0 radical (unpaired) electrons. The predicted molar refractivity (Wildman–Crippen MR) is 65.0 cm³/mol. The molecule has 0 bridgehead atoms. The van der Waals surface area contributed by atoms with Crippen molar-refractivity contribution < 1.29 is 9.90 Å². The van der Waals surface area contributed by atoms with Gasteiger partial charge in [0.05, 0.1) is 0 Å². The Kier molecular flexibility index (Phi) is 4.62. The fraction of sp³-hybridized carbons (Fsp3) is 0.417. The number of hydrogen-bond acceptors (Lipinski definition) is 2. The van der Waals surface area contributed by atoms with Crippen molar-refractivity contribution in [3.63, 3.8) is 0 Å². The summed E-state index contributed by atoms with van der Waals surface area (Å²) in [6, 6.07) is 6.19. The number of hydrogen-bond donors (Lipinski definition) is 2. The lowest BCUT2D eigenvalue weighted by atomic mass is 10.1. The Morgan fingerprint density at radius 2 is 1.94 bits per heavy atom. The molecule has 0 heterocycles. The van der Waals surface area contributed by atoms with Gasteiger partial charge in [0.2, 0.25) is 0 Å². The van der Waals surface area contributed by atoms with Crippen molar-refractivity contribution in [3.8, 4) is 5.75 Å². The van der Waals surface area contributed by atoms with Crippen molar-refractivity contribution in [2.24, 2.45) is 0 Å². The fourth-order valence-electron chi connectivity index (χ4n) is 1.47. The lowest BCUT2D eigenvalue weighted by Crippen LogP contribution is -2.33. The minimum Gasteiger partial charge on any atom is -0.508 e. The summed E-state index contributed by atoms with van der Waals surface area (Å²) >= 11 is 5.84. The molecular weight excluding hydrogens is 226 g/mol. The second-order valence-electron chi connectivity index (χ2n) is 3.94. The van der Waals surface area contributed by atoms with Crippen LogP contribution in [0.3, 0.4) is 0 Å². The van der Waals surface area contributed by atoms with E-state index in [0.29, 0.717) is 5.56 Å². The molecule has 1 amide bonds. The Hall–Kier alpha value is -1.22. The molecule has 0 saturated carbocycles. The van der Waals surface area contributed by atoms with E-state index in [1.54, 1.807) is 12.1 Å². The number of nitrogens with one attached hydrogen (secondary N) is 1. The Morgan fingerprint density at radius 3 is 2.44 bits per heavy atom. The van der Waals surface area contributed by atoms with Gasteiger partial charge in [-0.15, -0.1) is 11.6 Å². The maximum absolute atomic E-state index is 11.7. The van der Waals surface area contributed by atoms with Crippen LogP contribution in [0.4, 0.5) is 0 Å². The van der Waals surface area contributed by atoms with Crippen molar-refractivity contribution in [1.82, 2.24) is 5.32 Å². The van der Waals surface area contributed by atoms with E-state index in [0.717, 1.165) is 6.42 Å². The van der Waals surface area contributed by atoms with Gasteiger partial charge in [0.1, 0.15) is 5.75 Å². The molecule has 2 atom stereocenters. The summed E-state index contributed by atoms with van der Waals surface area (Å²) in [5.74, 6) is 0.00351. The summed E-state index contributed by atoms with van der Waals surface area (Å²) in [5, 5.41) is 12.0. The number of phenolic OH excluding ortho intramolecular Hbond substituents is 1. The highest BCUT2D eigenvalue weighted by Gasteiger charge is 2.11. The van der Waals surface area contributed by atoms with Gasteiger partial charge in [-0.3, -0.25) is 4.79 Å². The van der Waals surface area contributed by atoms with E-state index in [1.165, 1.54) is 12.1 Å². The SMILES string of the molecule is CC(Cl)CC(C)NC(=O)c1ccc(O)cc1. The first-order valence-corrected chi connectivity index (χ1v) is 5.66. The zero-order valence-corrected chi connectivity index (χ0v) is 10.2. The van der Waals surface area contributed by atoms with Gasteiger partial charge >= 0.3 is 0 Å². The molecule has 0 fully saturated rings. The van der Waals surface area contributed by atoms with Crippen LogP contribution < -0.4 is 5.32 Å². The molecule has 4 heteroatoms. The number of aromatic hydroxyl groups is 1. The molecule has 0 aromatic heterocycles. The topological polar surface area (TPSA) is 49.3 Å². The van der Waals surface area contributed by atoms with Crippen LogP contribution in [-0.2, 0) is 0 Å². The second kappa shape index (κ2) is 5.75. The van der Waals surface area contributed by atoms with Gasteiger partial charge in [0.15, 0.2) is 0 Å². The summed E-state index contributed by atoms with van der Waals surface area (Å²) in [7, 11) is 0. The molecule has 0 aliphatic carbocycles. The first-order valence-electron chi connectivity index (χ1n) is 5.23. The van der Waals surface area contributed by atoms with Gasteiger partial charge in [0, 0.05) is 17.0 Å². The summed E-state index contributed by atoms with van der Waals surface area (Å²) in [6.45, 7) is 3.81. The highest BCUT2D eigenvalue weighted by Crippen LogP contribution is 2.10. The van der Waals surface area contributed by atoms with Crippen molar-refractivity contribution in [1.29, 1.82) is 0 Å². The molecule has 1 rings (SSSR count). The quantitative estimate of drug-likeness (QED) is 0.796. The molecule has 1 aromatic carbocycles. The standard InChI is InChI=1S/C12H16ClNO2/c1-8(13)7-9(2)14-12(16)10-3-5-11(15)6-4-10/h3-6,8-9,15H,7H2,1-2H3,(H,14,16).